The lowest BCUT2D eigenvalue weighted by atomic mass is 10.0. The number of hydrogen-bond donors (Lipinski definition) is 2. The van der Waals surface area contributed by atoms with Gasteiger partial charge in [-0.15, -0.1) is 0 Å². The molecule has 3 atom stereocenters. The van der Waals surface area contributed by atoms with E-state index >= 15 is 0 Å². The average molecular weight is 311 g/mol. The van der Waals surface area contributed by atoms with Crippen LogP contribution in [0.3, 0.4) is 0 Å². The molecule has 0 saturated carbocycles. The van der Waals surface area contributed by atoms with E-state index < -0.39 is 18.8 Å². The van der Waals surface area contributed by atoms with E-state index in [0.717, 1.165) is 36.9 Å². The van der Waals surface area contributed by atoms with Gasteiger partial charge in [-0.3, -0.25) is 0 Å². The van der Waals surface area contributed by atoms with E-state index in [1.165, 1.54) is 14.2 Å². The smallest absolute Gasteiger partial charge is 0.142 e. The van der Waals surface area contributed by atoms with Crippen LogP contribution in [0.2, 0.25) is 0 Å². The first-order valence-corrected chi connectivity index (χ1v) is 7.45. The summed E-state index contributed by atoms with van der Waals surface area (Å²) in [7, 11) is 3.02. The summed E-state index contributed by atoms with van der Waals surface area (Å²) in [5.41, 5.74) is 12.1. The number of carbonyl (C=O) groups is 1. The lowest BCUT2D eigenvalue weighted by Crippen LogP contribution is -2.32. The van der Waals surface area contributed by atoms with Gasteiger partial charge in [0.25, 0.3) is 0 Å². The Morgan fingerprint density at radius 3 is 2.55 bits per heavy atom. The number of benzene rings is 1. The van der Waals surface area contributed by atoms with Crippen LogP contribution in [0, 0.1) is 0 Å². The minimum atomic E-state index is -0.666. The van der Waals surface area contributed by atoms with Crippen LogP contribution in [0.1, 0.15) is 24.5 Å². The van der Waals surface area contributed by atoms with Crippen LogP contribution in [0.15, 0.2) is 24.3 Å². The predicted octanol–water partition coefficient (Wildman–Crippen LogP) is 1.41. The number of nitrogens with zero attached hydrogens (tertiary/aromatic N) is 1. The van der Waals surface area contributed by atoms with Crippen molar-refractivity contribution < 1.29 is 13.9 Å². The van der Waals surface area contributed by atoms with Crippen LogP contribution >= 0.6 is 0 Å². The van der Waals surface area contributed by atoms with E-state index in [9.17, 15) is 9.18 Å². The first kappa shape index (κ1) is 18.5. The highest BCUT2D eigenvalue weighted by molar-refractivity contribution is 5.67. The van der Waals surface area contributed by atoms with Crippen molar-refractivity contribution in [2.45, 2.75) is 31.0 Å². The van der Waals surface area contributed by atoms with Crippen molar-refractivity contribution in [1.82, 2.24) is 0 Å². The van der Waals surface area contributed by atoms with Crippen LogP contribution in [-0.4, -0.2) is 45.7 Å². The van der Waals surface area contributed by atoms with Crippen LogP contribution < -0.4 is 16.4 Å². The molecule has 1 aromatic rings. The van der Waals surface area contributed by atoms with Gasteiger partial charge < -0.3 is 25.9 Å². The molecule has 0 aliphatic carbocycles. The summed E-state index contributed by atoms with van der Waals surface area (Å²) in [5.74, 6) is 0. The Hall–Kier alpha value is -1.50. The number of alkyl halides is 1. The summed E-state index contributed by atoms with van der Waals surface area (Å²) in [6, 6.07) is 6.95. The van der Waals surface area contributed by atoms with Gasteiger partial charge in [0, 0.05) is 19.3 Å². The van der Waals surface area contributed by atoms with Gasteiger partial charge in [-0.1, -0.05) is 12.1 Å². The minimum Gasteiger partial charge on any atom is -0.375 e. The van der Waals surface area contributed by atoms with Crippen molar-refractivity contribution in [3.05, 3.63) is 29.8 Å². The van der Waals surface area contributed by atoms with E-state index in [1.54, 1.807) is 0 Å². The number of methoxy groups -OCH3 is 1. The quantitative estimate of drug-likeness (QED) is 0.776. The van der Waals surface area contributed by atoms with Crippen molar-refractivity contribution in [3.63, 3.8) is 0 Å². The molecule has 0 aromatic heterocycles. The second-order valence-electron chi connectivity index (χ2n) is 5.11. The number of carbonyl (C=O) groups excluding carboxylic acids is 1. The van der Waals surface area contributed by atoms with Gasteiger partial charge in [-0.05, 0) is 37.6 Å². The maximum absolute atomic E-state index is 12.7. The van der Waals surface area contributed by atoms with Crippen LogP contribution in [0.4, 0.5) is 10.1 Å². The number of hydrogen-bond acceptors (Lipinski definition) is 5. The Balaban J connectivity index is 0.00000116. The molecule has 2 rings (SSSR count). The molecule has 1 aromatic carbocycles. The van der Waals surface area contributed by atoms with Gasteiger partial charge >= 0.3 is 0 Å². The topological polar surface area (TPSA) is 81.6 Å². The molecule has 22 heavy (non-hydrogen) atoms. The van der Waals surface area contributed by atoms with Crippen LogP contribution in [0.5, 0.6) is 0 Å². The lowest BCUT2D eigenvalue weighted by Gasteiger charge is -2.24. The molecule has 0 amide bonds. The van der Waals surface area contributed by atoms with Gasteiger partial charge in [-0.2, -0.15) is 0 Å². The van der Waals surface area contributed by atoms with Crippen molar-refractivity contribution in [2.75, 3.05) is 32.3 Å². The zero-order valence-corrected chi connectivity index (χ0v) is 13.2. The molecule has 1 aliphatic heterocycles. The highest BCUT2D eigenvalue weighted by Crippen LogP contribution is 2.27. The Labute approximate surface area is 131 Å². The number of ether oxygens (including phenoxy) is 1. The molecule has 0 radical (unpaired) electrons. The van der Waals surface area contributed by atoms with Crippen LogP contribution in [0.25, 0.3) is 0 Å². The summed E-state index contributed by atoms with van der Waals surface area (Å²) in [4.78, 5) is 13.1. The Kier molecular flexibility index (Phi) is 8.01. The third kappa shape index (κ3) is 4.25. The maximum Gasteiger partial charge on any atom is 0.142 e. The van der Waals surface area contributed by atoms with Gasteiger partial charge in [0.2, 0.25) is 0 Å². The number of halogens is 1. The summed E-state index contributed by atoms with van der Waals surface area (Å²) in [6.45, 7) is 0.264. The standard InChI is InChI=1S/C15H21FN2O2.CH5N/c1-20-15(14(17)9-16)11-4-6-12(7-5-11)18-8-2-3-13(18)10-19;1-2/h4-7,10,13-15H,2-3,8-9,17H2,1H3;2H2,1H3. The molecule has 1 fully saturated rings. The van der Waals surface area contributed by atoms with Crippen molar-refractivity contribution in [1.29, 1.82) is 0 Å². The van der Waals surface area contributed by atoms with Gasteiger partial charge in [-0.25, -0.2) is 4.39 Å². The van der Waals surface area contributed by atoms with E-state index in [-0.39, 0.29) is 6.04 Å². The molecule has 5 nitrogen and oxygen atoms in total. The van der Waals surface area contributed by atoms with E-state index in [1.807, 2.05) is 24.3 Å². The molecular weight excluding hydrogens is 285 g/mol. The summed E-state index contributed by atoms with van der Waals surface area (Å²) < 4.78 is 17.9. The lowest BCUT2D eigenvalue weighted by molar-refractivity contribution is -0.108. The molecule has 3 unspecified atom stereocenters. The van der Waals surface area contributed by atoms with Crippen molar-refractivity contribution in [3.8, 4) is 0 Å². The molecule has 1 aliphatic rings. The average Bonchev–Trinajstić information content (AvgIpc) is 3.06. The molecule has 0 bridgehead atoms. The largest absolute Gasteiger partial charge is 0.375 e. The fourth-order valence-electron chi connectivity index (χ4n) is 2.75. The Morgan fingerprint density at radius 2 is 2.05 bits per heavy atom. The zero-order chi connectivity index (χ0) is 16.5. The first-order chi connectivity index (χ1) is 10.7. The SMILES string of the molecule is CN.COC(c1ccc(N2CCCC2C=O)cc1)C(N)CF. The van der Waals surface area contributed by atoms with Gasteiger partial charge in [0.1, 0.15) is 13.0 Å². The van der Waals surface area contributed by atoms with Gasteiger partial charge in [0.15, 0.2) is 0 Å². The molecular formula is C16H26FN3O2. The molecule has 1 saturated heterocycles. The highest BCUT2D eigenvalue weighted by Gasteiger charge is 2.25. The Bertz CT molecular complexity index is 442. The Morgan fingerprint density at radius 1 is 1.41 bits per heavy atom. The van der Waals surface area contributed by atoms with Crippen molar-refractivity contribution >= 4 is 12.0 Å². The fraction of sp³-hybridized carbons (Fsp3) is 0.562. The number of nitrogens with two attached hydrogens (primary N) is 2. The summed E-state index contributed by atoms with van der Waals surface area (Å²) in [6.07, 6.45) is 2.48. The van der Waals surface area contributed by atoms with E-state index in [4.69, 9.17) is 10.5 Å². The highest BCUT2D eigenvalue weighted by atomic mass is 19.1. The fourth-order valence-corrected chi connectivity index (χ4v) is 2.75. The monoisotopic (exact) mass is 311 g/mol. The predicted molar refractivity (Wildman–Crippen MR) is 86.7 cm³/mol. The molecule has 124 valence electrons. The van der Waals surface area contributed by atoms with Crippen molar-refractivity contribution in [2.24, 2.45) is 11.5 Å². The molecule has 1 heterocycles. The number of rotatable bonds is 6. The minimum absolute atomic E-state index is 0.0350. The van der Waals surface area contributed by atoms with E-state index in [2.05, 4.69) is 10.6 Å². The van der Waals surface area contributed by atoms with E-state index in [0.29, 0.717) is 0 Å². The maximum atomic E-state index is 12.7. The normalized spacial score (nSPS) is 20.0. The third-order valence-electron chi connectivity index (χ3n) is 3.83. The molecule has 0 spiro atoms. The molecule has 4 N–H and O–H groups in total. The number of anilines is 1. The summed E-state index contributed by atoms with van der Waals surface area (Å²) >= 11 is 0. The molecule has 6 heteroatoms. The summed E-state index contributed by atoms with van der Waals surface area (Å²) in [5, 5.41) is 0. The zero-order valence-electron chi connectivity index (χ0n) is 13.2. The second-order valence-corrected chi connectivity index (χ2v) is 5.11. The van der Waals surface area contributed by atoms with Crippen LogP contribution in [-0.2, 0) is 9.53 Å². The third-order valence-corrected chi connectivity index (χ3v) is 3.83. The van der Waals surface area contributed by atoms with Gasteiger partial charge in [0.05, 0.1) is 18.2 Å². The first-order valence-electron chi connectivity index (χ1n) is 7.45. The number of aldehydes is 1. The second kappa shape index (κ2) is 9.50.